The largest absolute Gasteiger partial charge is 0.343 e. The molecule has 3 heterocycles. The first-order valence-corrected chi connectivity index (χ1v) is 10.8. The minimum atomic E-state index is -3.13. The molecular formula is C25H21F2N5O3. The van der Waals surface area contributed by atoms with E-state index in [0.29, 0.717) is 10.9 Å². The lowest BCUT2D eigenvalue weighted by Gasteiger charge is -2.19. The molecule has 2 N–H and O–H groups in total. The number of likely N-dealkylation sites (tertiary alicyclic amines) is 1. The molecule has 3 aromatic rings. The second-order valence-electron chi connectivity index (χ2n) is 8.31. The van der Waals surface area contributed by atoms with E-state index >= 15 is 0 Å². The van der Waals surface area contributed by atoms with Crippen LogP contribution in [0.15, 0.2) is 53.6 Å². The summed E-state index contributed by atoms with van der Waals surface area (Å²) in [6.07, 6.45) is 4.13. The standard InChI is InChI=1S/C25H21F2N5O3/c1-15(8-16-4-6-30-22(33)9-16)17-2-3-21-20(10-17)19(5-7-29-21)24(35)31-13-23(34)32-14-25(26,27)11-18(32)12-28/h2-10,18H,11,13-14H2,1H3,(H,30,33)(H,31,35)/b15-8+/t18-/m0/s1. The molecule has 1 aliphatic rings. The summed E-state index contributed by atoms with van der Waals surface area (Å²) in [4.78, 5) is 44.5. The van der Waals surface area contributed by atoms with Crippen molar-refractivity contribution in [1.82, 2.24) is 20.2 Å². The summed E-state index contributed by atoms with van der Waals surface area (Å²) in [6.45, 7) is 0.507. The molecule has 0 saturated carbocycles. The van der Waals surface area contributed by atoms with Gasteiger partial charge in [-0.25, -0.2) is 8.78 Å². The molecule has 1 saturated heterocycles. The highest BCUT2D eigenvalue weighted by molar-refractivity contribution is 6.07. The van der Waals surface area contributed by atoms with Crippen LogP contribution in [0.2, 0.25) is 0 Å². The Kier molecular flexibility index (Phi) is 6.42. The minimum Gasteiger partial charge on any atom is -0.343 e. The van der Waals surface area contributed by atoms with Gasteiger partial charge >= 0.3 is 0 Å². The molecule has 1 aliphatic heterocycles. The normalized spacial score (nSPS) is 17.3. The van der Waals surface area contributed by atoms with Crippen molar-refractivity contribution in [3.05, 3.63) is 75.8 Å². The molecule has 0 unspecified atom stereocenters. The third kappa shape index (κ3) is 5.24. The van der Waals surface area contributed by atoms with Crippen molar-refractivity contribution in [3.8, 4) is 6.07 Å². The number of rotatable bonds is 5. The Labute approximate surface area is 198 Å². The summed E-state index contributed by atoms with van der Waals surface area (Å²) in [5, 5.41) is 12.1. The zero-order chi connectivity index (χ0) is 25.2. The molecule has 2 amide bonds. The highest BCUT2D eigenvalue weighted by Crippen LogP contribution is 2.31. The van der Waals surface area contributed by atoms with Gasteiger partial charge in [-0.05, 0) is 47.9 Å². The highest BCUT2D eigenvalue weighted by atomic mass is 19.3. The van der Waals surface area contributed by atoms with Gasteiger partial charge in [0, 0.05) is 30.3 Å². The van der Waals surface area contributed by atoms with E-state index in [1.165, 1.54) is 18.3 Å². The summed E-state index contributed by atoms with van der Waals surface area (Å²) in [6, 6.07) is 10.6. The van der Waals surface area contributed by atoms with Crippen molar-refractivity contribution in [1.29, 1.82) is 5.26 Å². The lowest BCUT2D eigenvalue weighted by molar-refractivity contribution is -0.131. The fraction of sp³-hybridized carbons (Fsp3) is 0.240. The molecule has 0 bridgehead atoms. The average molecular weight is 477 g/mol. The quantitative estimate of drug-likeness (QED) is 0.586. The zero-order valence-corrected chi connectivity index (χ0v) is 18.7. The number of hydrogen-bond donors (Lipinski definition) is 2. The van der Waals surface area contributed by atoms with Crippen LogP contribution in [0.5, 0.6) is 0 Å². The molecular weight excluding hydrogens is 456 g/mol. The number of nitriles is 1. The number of carbonyl (C=O) groups excluding carboxylic acids is 2. The van der Waals surface area contributed by atoms with Crippen molar-refractivity contribution in [2.45, 2.75) is 25.3 Å². The zero-order valence-electron chi connectivity index (χ0n) is 18.7. The number of carbonyl (C=O) groups is 2. The number of aromatic nitrogens is 2. The number of nitrogens with zero attached hydrogens (tertiary/aromatic N) is 3. The van der Waals surface area contributed by atoms with Crippen molar-refractivity contribution in [2.24, 2.45) is 0 Å². The molecule has 0 spiro atoms. The van der Waals surface area contributed by atoms with Gasteiger partial charge < -0.3 is 15.2 Å². The molecule has 8 nitrogen and oxygen atoms in total. The number of allylic oxidation sites excluding steroid dienone is 1. The van der Waals surface area contributed by atoms with Crippen LogP contribution >= 0.6 is 0 Å². The first kappa shape index (κ1) is 23.8. The fourth-order valence-electron chi connectivity index (χ4n) is 4.02. The van der Waals surface area contributed by atoms with Crippen molar-refractivity contribution < 1.29 is 18.4 Å². The maximum absolute atomic E-state index is 13.6. The molecule has 2 aromatic heterocycles. The topological polar surface area (TPSA) is 119 Å². The van der Waals surface area contributed by atoms with Gasteiger partial charge in [-0.3, -0.25) is 19.4 Å². The Morgan fingerprint density at radius 1 is 1.31 bits per heavy atom. The van der Waals surface area contributed by atoms with E-state index in [1.807, 2.05) is 19.1 Å². The number of pyridine rings is 2. The third-order valence-electron chi connectivity index (χ3n) is 5.76. The van der Waals surface area contributed by atoms with E-state index in [1.54, 1.807) is 30.5 Å². The maximum atomic E-state index is 13.6. The molecule has 1 atom stereocenters. The molecule has 0 aliphatic carbocycles. The molecule has 35 heavy (non-hydrogen) atoms. The number of fused-ring (bicyclic) bond motifs is 1. The predicted octanol–water partition coefficient (Wildman–Crippen LogP) is 2.97. The van der Waals surface area contributed by atoms with Crippen LogP contribution in [0.4, 0.5) is 8.78 Å². The van der Waals surface area contributed by atoms with Crippen LogP contribution in [-0.2, 0) is 4.79 Å². The predicted molar refractivity (Wildman–Crippen MR) is 125 cm³/mol. The number of amides is 2. The fourth-order valence-corrected chi connectivity index (χ4v) is 4.02. The first-order valence-electron chi connectivity index (χ1n) is 10.8. The Balaban J connectivity index is 1.55. The smallest absolute Gasteiger partial charge is 0.268 e. The van der Waals surface area contributed by atoms with Gasteiger partial charge in [0.15, 0.2) is 0 Å². The van der Waals surface area contributed by atoms with Crippen molar-refractivity contribution in [2.75, 3.05) is 13.1 Å². The monoisotopic (exact) mass is 477 g/mol. The van der Waals surface area contributed by atoms with E-state index in [4.69, 9.17) is 5.26 Å². The summed E-state index contributed by atoms with van der Waals surface area (Å²) in [5.74, 6) is -4.45. The number of nitrogens with one attached hydrogen (secondary N) is 2. The molecule has 1 aromatic carbocycles. The summed E-state index contributed by atoms with van der Waals surface area (Å²) in [7, 11) is 0. The van der Waals surface area contributed by atoms with Crippen LogP contribution in [0.25, 0.3) is 22.6 Å². The summed E-state index contributed by atoms with van der Waals surface area (Å²) >= 11 is 0. The molecule has 10 heteroatoms. The van der Waals surface area contributed by atoms with Crippen LogP contribution < -0.4 is 10.9 Å². The van der Waals surface area contributed by atoms with Gasteiger partial charge in [-0.1, -0.05) is 12.1 Å². The van der Waals surface area contributed by atoms with Gasteiger partial charge in [0.2, 0.25) is 11.5 Å². The van der Waals surface area contributed by atoms with Gasteiger partial charge in [0.05, 0.1) is 30.2 Å². The first-order chi connectivity index (χ1) is 16.7. The van der Waals surface area contributed by atoms with E-state index in [-0.39, 0.29) is 11.1 Å². The second kappa shape index (κ2) is 9.46. The van der Waals surface area contributed by atoms with Gasteiger partial charge in [0.1, 0.15) is 6.04 Å². The minimum absolute atomic E-state index is 0.221. The number of hydrogen-bond acceptors (Lipinski definition) is 5. The van der Waals surface area contributed by atoms with Gasteiger partial charge in [-0.2, -0.15) is 5.26 Å². The highest BCUT2D eigenvalue weighted by Gasteiger charge is 2.47. The second-order valence-corrected chi connectivity index (χ2v) is 8.31. The summed E-state index contributed by atoms with van der Waals surface area (Å²) < 4.78 is 27.3. The lowest BCUT2D eigenvalue weighted by atomic mass is 10.00. The number of alkyl halides is 2. The number of aromatic amines is 1. The Bertz CT molecular complexity index is 1440. The van der Waals surface area contributed by atoms with E-state index in [0.717, 1.165) is 21.6 Å². The molecule has 4 rings (SSSR count). The third-order valence-corrected chi connectivity index (χ3v) is 5.76. The van der Waals surface area contributed by atoms with Crippen LogP contribution in [0.1, 0.15) is 34.8 Å². The average Bonchev–Trinajstić information content (AvgIpc) is 3.16. The number of benzene rings is 1. The SMILES string of the molecule is C/C(=C\c1cc[nH]c(=O)c1)c1ccc2nccc(C(=O)NCC(=O)N3CC(F)(F)C[C@H]3C#N)c2c1. The van der Waals surface area contributed by atoms with Crippen molar-refractivity contribution in [3.63, 3.8) is 0 Å². The molecule has 0 radical (unpaired) electrons. The van der Waals surface area contributed by atoms with Crippen LogP contribution in [0, 0.1) is 11.3 Å². The van der Waals surface area contributed by atoms with Crippen LogP contribution in [-0.4, -0.2) is 51.7 Å². The van der Waals surface area contributed by atoms with E-state index < -0.39 is 43.3 Å². The summed E-state index contributed by atoms with van der Waals surface area (Å²) in [5.41, 5.74) is 2.96. The van der Waals surface area contributed by atoms with Crippen LogP contribution in [0.3, 0.4) is 0 Å². The number of H-pyrrole nitrogens is 1. The number of halogens is 2. The maximum Gasteiger partial charge on any atom is 0.268 e. The Morgan fingerprint density at radius 2 is 2.11 bits per heavy atom. The van der Waals surface area contributed by atoms with Gasteiger partial charge in [0.25, 0.3) is 11.8 Å². The Hall–Kier alpha value is -4.39. The lowest BCUT2D eigenvalue weighted by Crippen LogP contribution is -2.43. The van der Waals surface area contributed by atoms with E-state index in [2.05, 4.69) is 15.3 Å². The molecule has 1 fully saturated rings. The van der Waals surface area contributed by atoms with E-state index in [9.17, 15) is 23.2 Å². The van der Waals surface area contributed by atoms with Gasteiger partial charge in [-0.15, -0.1) is 0 Å². The Morgan fingerprint density at radius 3 is 2.86 bits per heavy atom. The van der Waals surface area contributed by atoms with Crippen molar-refractivity contribution >= 4 is 34.4 Å². The molecule has 178 valence electrons.